The van der Waals surface area contributed by atoms with Crippen molar-refractivity contribution in [2.45, 2.75) is 20.3 Å². The van der Waals surface area contributed by atoms with Gasteiger partial charge in [0.1, 0.15) is 23.2 Å². The number of methoxy groups -OCH3 is 1. The molecule has 0 radical (unpaired) electrons. The second-order valence-electron chi connectivity index (χ2n) is 7.39. The Bertz CT molecular complexity index is 1250. The van der Waals surface area contributed by atoms with Crippen molar-refractivity contribution in [1.29, 1.82) is 5.26 Å². The van der Waals surface area contributed by atoms with Gasteiger partial charge in [0.15, 0.2) is 0 Å². The fraction of sp³-hybridized carbons (Fsp3) is 0.154. The zero-order chi connectivity index (χ0) is 23.3. The van der Waals surface area contributed by atoms with Crippen LogP contribution in [0.5, 0.6) is 5.75 Å². The summed E-state index contributed by atoms with van der Waals surface area (Å²) < 4.78 is 20.5. The van der Waals surface area contributed by atoms with Gasteiger partial charge in [0, 0.05) is 21.2 Å². The Labute approximate surface area is 200 Å². The van der Waals surface area contributed by atoms with Crippen LogP contribution < -0.4 is 10.1 Å². The zero-order valence-electron chi connectivity index (χ0n) is 18.0. The number of nitrogens with one attached hydrogen (secondary N) is 1. The lowest BCUT2D eigenvalue weighted by molar-refractivity contribution is -0.112. The lowest BCUT2D eigenvalue weighted by Crippen LogP contribution is -2.14. The first-order chi connectivity index (χ1) is 15.3. The molecule has 0 aliphatic carbocycles. The normalized spacial score (nSPS) is 11.1. The van der Waals surface area contributed by atoms with Crippen LogP contribution in [0.2, 0.25) is 0 Å². The Balaban J connectivity index is 1.91. The van der Waals surface area contributed by atoms with Crippen molar-refractivity contribution in [2.24, 2.45) is 0 Å². The summed E-state index contributed by atoms with van der Waals surface area (Å²) in [5.41, 5.74) is 4.63. The second kappa shape index (κ2) is 10.4. The van der Waals surface area contributed by atoms with E-state index in [1.807, 2.05) is 44.2 Å². The number of benzene rings is 3. The van der Waals surface area contributed by atoms with Crippen LogP contribution >= 0.6 is 22.6 Å². The van der Waals surface area contributed by atoms with E-state index in [4.69, 9.17) is 4.74 Å². The molecule has 4 nitrogen and oxygen atoms in total. The Morgan fingerprint density at radius 1 is 1.19 bits per heavy atom. The number of ether oxygens (including phenoxy) is 1. The summed E-state index contributed by atoms with van der Waals surface area (Å²) in [6, 6.07) is 17.9. The molecule has 0 spiro atoms. The van der Waals surface area contributed by atoms with Crippen LogP contribution in [0, 0.1) is 34.6 Å². The van der Waals surface area contributed by atoms with Gasteiger partial charge in [0.2, 0.25) is 0 Å². The second-order valence-corrected chi connectivity index (χ2v) is 8.56. The molecule has 0 aliphatic heterocycles. The number of hydrogen-bond acceptors (Lipinski definition) is 3. The quantitative estimate of drug-likeness (QED) is 0.230. The molecule has 0 saturated heterocycles. The van der Waals surface area contributed by atoms with E-state index in [0.717, 1.165) is 20.3 Å². The van der Waals surface area contributed by atoms with Crippen LogP contribution in [0.3, 0.4) is 0 Å². The molecular weight excluding hydrogens is 518 g/mol. The van der Waals surface area contributed by atoms with Gasteiger partial charge < -0.3 is 10.1 Å². The molecule has 32 heavy (non-hydrogen) atoms. The molecule has 0 atom stereocenters. The lowest BCUT2D eigenvalue weighted by Gasteiger charge is -2.13. The average Bonchev–Trinajstić information content (AvgIpc) is 2.77. The lowest BCUT2D eigenvalue weighted by atomic mass is 10.0. The topological polar surface area (TPSA) is 62.1 Å². The number of halogens is 2. The standard InChI is InChI=1S/C26H22FIN2O2/c1-16-8-9-17(2)24(10-16)30-26(31)20(15-29)11-18-12-23(28)21(25(13-18)32-3)14-19-6-4-5-7-22(19)27/h4-13H,14H2,1-3H3,(H,30,31)/b20-11+. The third-order valence-electron chi connectivity index (χ3n) is 5.04. The molecule has 0 heterocycles. The van der Waals surface area contributed by atoms with Crippen molar-refractivity contribution >= 4 is 40.3 Å². The summed E-state index contributed by atoms with van der Waals surface area (Å²) in [5.74, 6) is -0.187. The number of nitriles is 1. The van der Waals surface area contributed by atoms with E-state index in [-0.39, 0.29) is 11.4 Å². The monoisotopic (exact) mass is 540 g/mol. The van der Waals surface area contributed by atoms with Crippen molar-refractivity contribution in [1.82, 2.24) is 0 Å². The summed E-state index contributed by atoms with van der Waals surface area (Å²) >= 11 is 2.16. The predicted octanol–water partition coefficient (Wildman–Crippen LogP) is 6.19. The van der Waals surface area contributed by atoms with E-state index >= 15 is 0 Å². The highest BCUT2D eigenvalue weighted by Crippen LogP contribution is 2.30. The van der Waals surface area contributed by atoms with E-state index in [1.165, 1.54) is 12.1 Å². The van der Waals surface area contributed by atoms with Crippen molar-refractivity contribution in [3.05, 3.63) is 97.4 Å². The molecule has 3 aromatic rings. The maximum Gasteiger partial charge on any atom is 0.266 e. The highest BCUT2D eigenvalue weighted by Gasteiger charge is 2.15. The fourth-order valence-electron chi connectivity index (χ4n) is 3.28. The molecule has 162 valence electrons. The Morgan fingerprint density at radius 3 is 2.62 bits per heavy atom. The van der Waals surface area contributed by atoms with Crippen molar-refractivity contribution in [2.75, 3.05) is 12.4 Å². The largest absolute Gasteiger partial charge is 0.496 e. The third kappa shape index (κ3) is 5.54. The molecule has 3 rings (SSSR count). The van der Waals surface area contributed by atoms with Crippen LogP contribution in [0.15, 0.2) is 60.2 Å². The first-order valence-corrected chi connectivity index (χ1v) is 11.0. The maximum atomic E-state index is 14.1. The molecule has 0 bridgehead atoms. The number of nitrogens with zero attached hydrogens (tertiary/aromatic N) is 1. The molecule has 0 aromatic heterocycles. The van der Waals surface area contributed by atoms with Crippen LogP contribution in [-0.4, -0.2) is 13.0 Å². The average molecular weight is 540 g/mol. The molecule has 0 aliphatic rings. The zero-order valence-corrected chi connectivity index (χ0v) is 20.2. The summed E-state index contributed by atoms with van der Waals surface area (Å²) in [7, 11) is 1.54. The molecular formula is C26H22FIN2O2. The van der Waals surface area contributed by atoms with Gasteiger partial charge in [0.05, 0.1) is 7.11 Å². The smallest absolute Gasteiger partial charge is 0.266 e. The highest BCUT2D eigenvalue weighted by molar-refractivity contribution is 14.1. The van der Waals surface area contributed by atoms with Gasteiger partial charge in [-0.3, -0.25) is 4.79 Å². The van der Waals surface area contributed by atoms with Gasteiger partial charge in [-0.1, -0.05) is 30.3 Å². The number of amides is 1. The minimum Gasteiger partial charge on any atom is -0.496 e. The number of rotatable bonds is 6. The maximum absolute atomic E-state index is 14.1. The van der Waals surface area contributed by atoms with Crippen molar-refractivity contribution in [3.63, 3.8) is 0 Å². The van der Waals surface area contributed by atoms with E-state index in [9.17, 15) is 14.4 Å². The van der Waals surface area contributed by atoms with Crippen LogP contribution in [0.25, 0.3) is 6.08 Å². The predicted molar refractivity (Wildman–Crippen MR) is 133 cm³/mol. The van der Waals surface area contributed by atoms with Gasteiger partial charge in [0.25, 0.3) is 5.91 Å². The Hall–Kier alpha value is -3.18. The molecule has 0 saturated carbocycles. The van der Waals surface area contributed by atoms with Gasteiger partial charge >= 0.3 is 0 Å². The van der Waals surface area contributed by atoms with E-state index < -0.39 is 5.91 Å². The minimum absolute atomic E-state index is 0.0226. The van der Waals surface area contributed by atoms with E-state index in [0.29, 0.717) is 29.0 Å². The molecule has 0 unspecified atom stereocenters. The Kier molecular flexibility index (Phi) is 7.65. The van der Waals surface area contributed by atoms with Crippen LogP contribution in [0.4, 0.5) is 10.1 Å². The van der Waals surface area contributed by atoms with E-state index in [2.05, 4.69) is 27.9 Å². The number of aryl methyl sites for hydroxylation is 2. The van der Waals surface area contributed by atoms with Gasteiger partial charge in [-0.2, -0.15) is 5.26 Å². The number of carbonyl (C=O) groups is 1. The van der Waals surface area contributed by atoms with Crippen molar-refractivity contribution < 1.29 is 13.9 Å². The number of carbonyl (C=O) groups excluding carboxylic acids is 1. The van der Waals surface area contributed by atoms with Crippen LogP contribution in [-0.2, 0) is 11.2 Å². The Morgan fingerprint density at radius 2 is 1.94 bits per heavy atom. The SMILES string of the molecule is COc1cc(/C=C(\C#N)C(=O)Nc2cc(C)ccc2C)cc(I)c1Cc1ccccc1F. The van der Waals surface area contributed by atoms with E-state index in [1.54, 1.807) is 31.4 Å². The highest BCUT2D eigenvalue weighted by atomic mass is 127. The first kappa shape index (κ1) is 23.5. The van der Waals surface area contributed by atoms with Gasteiger partial charge in [-0.05, 0) is 89.0 Å². The molecule has 6 heteroatoms. The summed E-state index contributed by atoms with van der Waals surface area (Å²) in [4.78, 5) is 12.7. The summed E-state index contributed by atoms with van der Waals surface area (Å²) in [6.07, 6.45) is 1.90. The summed E-state index contributed by atoms with van der Waals surface area (Å²) in [5, 5.41) is 12.4. The number of anilines is 1. The molecule has 0 fully saturated rings. The fourth-order valence-corrected chi connectivity index (χ4v) is 4.09. The number of hydrogen-bond donors (Lipinski definition) is 1. The minimum atomic E-state index is -0.481. The first-order valence-electron chi connectivity index (χ1n) is 9.92. The molecule has 3 aromatic carbocycles. The van der Waals surface area contributed by atoms with Gasteiger partial charge in [-0.25, -0.2) is 4.39 Å². The van der Waals surface area contributed by atoms with Gasteiger partial charge in [-0.15, -0.1) is 0 Å². The van der Waals surface area contributed by atoms with Crippen LogP contribution in [0.1, 0.15) is 27.8 Å². The van der Waals surface area contributed by atoms with Crippen molar-refractivity contribution in [3.8, 4) is 11.8 Å². The third-order valence-corrected chi connectivity index (χ3v) is 6.00. The summed E-state index contributed by atoms with van der Waals surface area (Å²) in [6.45, 7) is 3.83. The molecule has 1 N–H and O–H groups in total. The molecule has 1 amide bonds.